The minimum Gasteiger partial charge on any atom is -0.345 e. The van der Waals surface area contributed by atoms with Gasteiger partial charge in [0.1, 0.15) is 5.82 Å². The fourth-order valence-electron chi connectivity index (χ4n) is 1.84. The van der Waals surface area contributed by atoms with Crippen LogP contribution in [0.4, 0.5) is 17.6 Å². The topological polar surface area (TPSA) is 20.3 Å². The van der Waals surface area contributed by atoms with Gasteiger partial charge < -0.3 is 4.90 Å². The average Bonchev–Trinajstić information content (AvgIpc) is 2.48. The summed E-state index contributed by atoms with van der Waals surface area (Å²) in [5.74, 6) is -0.925. The van der Waals surface area contributed by atoms with Crippen molar-refractivity contribution < 1.29 is 22.4 Å². The Labute approximate surface area is 135 Å². The van der Waals surface area contributed by atoms with Crippen LogP contribution >= 0.6 is 11.8 Å². The van der Waals surface area contributed by atoms with Crippen LogP contribution in [-0.4, -0.2) is 24.9 Å². The first kappa shape index (κ1) is 17.3. The quantitative estimate of drug-likeness (QED) is 0.753. The third-order valence-electron chi connectivity index (χ3n) is 2.99. The van der Waals surface area contributed by atoms with E-state index in [2.05, 4.69) is 0 Å². The molecule has 0 N–H and O–H groups in total. The summed E-state index contributed by atoms with van der Waals surface area (Å²) in [6, 6.07) is 8.35. The molecule has 0 aliphatic carbocycles. The van der Waals surface area contributed by atoms with Crippen LogP contribution in [0, 0.1) is 5.82 Å². The Bertz CT molecular complexity index is 711. The molecule has 0 aromatic heterocycles. The average molecular weight is 343 g/mol. The van der Waals surface area contributed by atoms with Gasteiger partial charge in [0.15, 0.2) is 0 Å². The van der Waals surface area contributed by atoms with Gasteiger partial charge in [-0.15, -0.1) is 0 Å². The smallest absolute Gasteiger partial charge is 0.345 e. The highest BCUT2D eigenvalue weighted by Gasteiger charge is 2.30. The van der Waals surface area contributed by atoms with Crippen molar-refractivity contribution in [1.82, 2.24) is 4.90 Å². The second kappa shape index (κ2) is 6.62. The minimum atomic E-state index is -4.40. The molecule has 0 fully saturated rings. The van der Waals surface area contributed by atoms with Gasteiger partial charge in [-0.3, -0.25) is 4.79 Å². The molecule has 7 heteroatoms. The number of hydrogen-bond acceptors (Lipinski definition) is 2. The molecule has 0 atom stereocenters. The fraction of sp³-hybridized carbons (Fsp3) is 0.188. The third kappa shape index (κ3) is 4.25. The Kier molecular flexibility index (Phi) is 4.99. The van der Waals surface area contributed by atoms with Gasteiger partial charge in [0.25, 0.3) is 5.91 Å². The molecular formula is C16H13F4NOS. The highest BCUT2D eigenvalue weighted by atomic mass is 32.2. The summed E-state index contributed by atoms with van der Waals surface area (Å²) < 4.78 is 51.0. The number of carbonyl (C=O) groups is 1. The van der Waals surface area contributed by atoms with Gasteiger partial charge in [-0.05, 0) is 42.5 Å². The Morgan fingerprint density at radius 2 is 1.65 bits per heavy atom. The Morgan fingerprint density at radius 3 is 2.17 bits per heavy atom. The van der Waals surface area contributed by atoms with Crippen LogP contribution < -0.4 is 0 Å². The number of hydrogen-bond donors (Lipinski definition) is 0. The molecule has 0 radical (unpaired) electrons. The fourth-order valence-corrected chi connectivity index (χ4v) is 2.76. The van der Waals surface area contributed by atoms with E-state index >= 15 is 0 Å². The van der Waals surface area contributed by atoms with Crippen molar-refractivity contribution in [1.29, 1.82) is 0 Å². The Hall–Kier alpha value is -2.02. The Balaban J connectivity index is 2.31. The highest BCUT2D eigenvalue weighted by Crippen LogP contribution is 2.34. The van der Waals surface area contributed by atoms with Crippen LogP contribution in [0.15, 0.2) is 52.3 Å². The molecule has 122 valence electrons. The first-order valence-electron chi connectivity index (χ1n) is 6.55. The van der Waals surface area contributed by atoms with Crippen LogP contribution in [0.25, 0.3) is 0 Å². The van der Waals surface area contributed by atoms with Gasteiger partial charge in [0.2, 0.25) is 0 Å². The van der Waals surface area contributed by atoms with Crippen molar-refractivity contribution in [2.24, 2.45) is 0 Å². The zero-order valence-corrected chi connectivity index (χ0v) is 13.1. The molecule has 0 saturated carbocycles. The summed E-state index contributed by atoms with van der Waals surface area (Å²) in [4.78, 5) is 14.4. The summed E-state index contributed by atoms with van der Waals surface area (Å²) in [5.41, 5.74) is -0.578. The van der Waals surface area contributed by atoms with E-state index in [9.17, 15) is 22.4 Å². The molecule has 0 bridgehead atoms. The number of halogens is 4. The number of alkyl halides is 3. The second-order valence-corrected chi connectivity index (χ2v) is 6.08. The number of benzene rings is 2. The zero-order chi connectivity index (χ0) is 17.2. The molecule has 2 aromatic rings. The largest absolute Gasteiger partial charge is 0.416 e. The van der Waals surface area contributed by atoms with Crippen LogP contribution in [0.2, 0.25) is 0 Å². The Morgan fingerprint density at radius 1 is 1.04 bits per heavy atom. The monoisotopic (exact) mass is 343 g/mol. The van der Waals surface area contributed by atoms with Crippen molar-refractivity contribution in [3.63, 3.8) is 0 Å². The van der Waals surface area contributed by atoms with Gasteiger partial charge in [-0.1, -0.05) is 11.8 Å². The maximum absolute atomic E-state index is 13.4. The molecule has 2 rings (SSSR count). The molecule has 2 aromatic carbocycles. The normalized spacial score (nSPS) is 11.4. The molecule has 2 nitrogen and oxygen atoms in total. The van der Waals surface area contributed by atoms with Gasteiger partial charge in [0, 0.05) is 23.9 Å². The summed E-state index contributed by atoms with van der Waals surface area (Å²) in [5, 5.41) is 0. The van der Waals surface area contributed by atoms with E-state index in [4.69, 9.17) is 0 Å². The molecule has 0 heterocycles. The number of rotatable bonds is 3. The lowest BCUT2D eigenvalue weighted by Gasteiger charge is -2.14. The lowest BCUT2D eigenvalue weighted by Crippen LogP contribution is -2.22. The second-order valence-electron chi connectivity index (χ2n) is 4.96. The molecule has 0 unspecified atom stereocenters. The van der Waals surface area contributed by atoms with E-state index in [0.29, 0.717) is 9.79 Å². The predicted octanol–water partition coefficient (Wildman–Crippen LogP) is 4.70. The van der Waals surface area contributed by atoms with Gasteiger partial charge in [-0.25, -0.2) is 4.39 Å². The van der Waals surface area contributed by atoms with E-state index in [1.54, 1.807) is 14.1 Å². The minimum absolute atomic E-state index is 0.167. The highest BCUT2D eigenvalue weighted by molar-refractivity contribution is 7.99. The molecule has 0 spiro atoms. The number of carbonyl (C=O) groups excluding carboxylic acids is 1. The third-order valence-corrected chi connectivity index (χ3v) is 4.07. The molecule has 0 aliphatic heterocycles. The molecule has 0 aliphatic rings. The molecule has 23 heavy (non-hydrogen) atoms. The van der Waals surface area contributed by atoms with Gasteiger partial charge in [0.05, 0.1) is 11.1 Å². The molecule has 0 saturated heterocycles. The first-order valence-corrected chi connectivity index (χ1v) is 7.36. The first-order chi connectivity index (χ1) is 10.7. The van der Waals surface area contributed by atoms with E-state index in [1.165, 1.54) is 29.2 Å². The SMILES string of the molecule is CN(C)C(=O)c1cc(F)ccc1Sc1ccc(C(F)(F)F)cc1. The van der Waals surface area contributed by atoms with E-state index in [-0.39, 0.29) is 11.5 Å². The van der Waals surface area contributed by atoms with Crippen molar-refractivity contribution in [2.75, 3.05) is 14.1 Å². The summed E-state index contributed by atoms with van der Waals surface area (Å²) >= 11 is 1.11. The maximum Gasteiger partial charge on any atom is 0.416 e. The lowest BCUT2D eigenvalue weighted by molar-refractivity contribution is -0.137. The van der Waals surface area contributed by atoms with Crippen LogP contribution in [-0.2, 0) is 6.18 Å². The molecular weight excluding hydrogens is 330 g/mol. The zero-order valence-electron chi connectivity index (χ0n) is 12.3. The van der Waals surface area contributed by atoms with Crippen molar-refractivity contribution in [3.8, 4) is 0 Å². The number of amides is 1. The van der Waals surface area contributed by atoms with Gasteiger partial charge >= 0.3 is 6.18 Å². The van der Waals surface area contributed by atoms with E-state index in [1.807, 2.05) is 0 Å². The van der Waals surface area contributed by atoms with E-state index < -0.39 is 17.6 Å². The van der Waals surface area contributed by atoms with Crippen molar-refractivity contribution >= 4 is 17.7 Å². The van der Waals surface area contributed by atoms with Gasteiger partial charge in [-0.2, -0.15) is 13.2 Å². The van der Waals surface area contributed by atoms with Crippen LogP contribution in [0.3, 0.4) is 0 Å². The standard InChI is InChI=1S/C16H13F4NOS/c1-21(2)15(22)13-9-11(17)5-8-14(13)23-12-6-3-10(4-7-12)16(18,19)20/h3-9H,1-2H3. The van der Waals surface area contributed by atoms with E-state index in [0.717, 1.165) is 30.0 Å². The summed E-state index contributed by atoms with van der Waals surface area (Å²) in [6.45, 7) is 0. The van der Waals surface area contributed by atoms with Crippen molar-refractivity contribution in [3.05, 3.63) is 59.4 Å². The predicted molar refractivity (Wildman–Crippen MR) is 80.0 cm³/mol. The summed E-state index contributed by atoms with van der Waals surface area (Å²) in [6.07, 6.45) is -4.40. The number of nitrogens with zero attached hydrogens (tertiary/aromatic N) is 1. The molecule has 1 amide bonds. The lowest BCUT2D eigenvalue weighted by atomic mass is 10.2. The van der Waals surface area contributed by atoms with Crippen molar-refractivity contribution in [2.45, 2.75) is 16.0 Å². The summed E-state index contributed by atoms with van der Waals surface area (Å²) in [7, 11) is 3.08. The van der Waals surface area contributed by atoms with Crippen LogP contribution in [0.1, 0.15) is 15.9 Å². The maximum atomic E-state index is 13.4. The van der Waals surface area contributed by atoms with Crippen LogP contribution in [0.5, 0.6) is 0 Å².